The van der Waals surface area contributed by atoms with Gasteiger partial charge in [-0.05, 0) is 49.2 Å². The van der Waals surface area contributed by atoms with Crippen LogP contribution in [0.1, 0.15) is 43.9 Å². The van der Waals surface area contributed by atoms with Crippen LogP contribution >= 0.6 is 0 Å². The molecule has 216 valence electrons. The summed E-state index contributed by atoms with van der Waals surface area (Å²) in [6.07, 6.45) is -0.155. The van der Waals surface area contributed by atoms with Crippen molar-refractivity contribution in [1.29, 1.82) is 0 Å². The average Bonchev–Trinajstić information content (AvgIpc) is 3.24. The fourth-order valence-corrected chi connectivity index (χ4v) is 4.64. The summed E-state index contributed by atoms with van der Waals surface area (Å²) < 4.78 is 31.0. The number of halogens is 1. The third kappa shape index (κ3) is 7.01. The van der Waals surface area contributed by atoms with Crippen LogP contribution in [-0.4, -0.2) is 55.2 Å². The van der Waals surface area contributed by atoms with Gasteiger partial charge in [0.2, 0.25) is 5.91 Å². The zero-order chi connectivity index (χ0) is 29.5. The lowest BCUT2D eigenvalue weighted by Crippen LogP contribution is -2.50. The van der Waals surface area contributed by atoms with Crippen molar-refractivity contribution in [2.45, 2.75) is 44.9 Å². The van der Waals surface area contributed by atoms with Crippen molar-refractivity contribution < 1.29 is 33.0 Å². The van der Waals surface area contributed by atoms with Gasteiger partial charge in [-0.1, -0.05) is 49.4 Å². The largest absolute Gasteiger partial charge is 0.491 e. The number of anilines is 1. The number of methoxy groups -OCH3 is 1. The summed E-state index contributed by atoms with van der Waals surface area (Å²) in [5, 5.41) is 5.27. The van der Waals surface area contributed by atoms with Crippen LogP contribution in [0.15, 0.2) is 72.8 Å². The Balaban J connectivity index is 1.60. The van der Waals surface area contributed by atoms with Gasteiger partial charge in [0.05, 0.1) is 18.4 Å². The molecule has 2 N–H and O–H groups in total. The molecule has 41 heavy (non-hydrogen) atoms. The Morgan fingerprint density at radius 3 is 2.29 bits per heavy atom. The highest BCUT2D eigenvalue weighted by Crippen LogP contribution is 2.32. The number of nitrogens with zero attached hydrogens (tertiary/aromatic N) is 1. The summed E-state index contributed by atoms with van der Waals surface area (Å²) >= 11 is 0. The molecule has 0 saturated carbocycles. The minimum Gasteiger partial charge on any atom is -0.491 e. The van der Waals surface area contributed by atoms with Crippen LogP contribution in [-0.2, 0) is 14.3 Å². The smallest absolute Gasteiger partial charge is 0.325 e. The summed E-state index contributed by atoms with van der Waals surface area (Å²) in [7, 11) is 1.58. The first-order valence-corrected chi connectivity index (χ1v) is 13.4. The predicted octanol–water partition coefficient (Wildman–Crippen LogP) is 5.04. The highest BCUT2D eigenvalue weighted by Gasteiger charge is 2.47. The summed E-state index contributed by atoms with van der Waals surface area (Å²) in [5.41, 5.74) is 1.17. The first-order valence-electron chi connectivity index (χ1n) is 13.4. The van der Waals surface area contributed by atoms with Crippen molar-refractivity contribution in [2.75, 3.05) is 25.6 Å². The molecule has 3 aromatic carbocycles. The minimum absolute atomic E-state index is 0.0935. The van der Waals surface area contributed by atoms with Crippen molar-refractivity contribution >= 4 is 23.5 Å². The van der Waals surface area contributed by atoms with Gasteiger partial charge in [-0.15, -0.1) is 0 Å². The van der Waals surface area contributed by atoms with Crippen LogP contribution in [0.25, 0.3) is 0 Å². The second-order valence-corrected chi connectivity index (χ2v) is 9.94. The molecule has 1 aliphatic rings. The molecule has 0 spiro atoms. The van der Waals surface area contributed by atoms with Crippen molar-refractivity contribution in [2.24, 2.45) is 0 Å². The van der Waals surface area contributed by atoms with Crippen LogP contribution in [0.4, 0.5) is 14.9 Å². The van der Waals surface area contributed by atoms with E-state index in [2.05, 4.69) is 10.6 Å². The third-order valence-corrected chi connectivity index (χ3v) is 6.66. The Hall–Kier alpha value is -4.44. The van der Waals surface area contributed by atoms with E-state index in [1.54, 1.807) is 56.5 Å². The van der Waals surface area contributed by atoms with Crippen molar-refractivity contribution in [3.63, 3.8) is 0 Å². The number of benzene rings is 3. The number of imide groups is 1. The topological polar surface area (TPSA) is 106 Å². The lowest BCUT2D eigenvalue weighted by molar-refractivity contribution is -0.134. The highest BCUT2D eigenvalue weighted by atomic mass is 19.1. The van der Waals surface area contributed by atoms with Gasteiger partial charge < -0.3 is 24.8 Å². The maximum absolute atomic E-state index is 14.9. The Kier molecular flexibility index (Phi) is 9.57. The predicted molar refractivity (Wildman–Crippen MR) is 151 cm³/mol. The molecule has 0 unspecified atom stereocenters. The first kappa shape index (κ1) is 29.5. The second kappa shape index (κ2) is 13.3. The normalized spacial score (nSPS) is 16.3. The maximum atomic E-state index is 14.9. The summed E-state index contributed by atoms with van der Waals surface area (Å²) in [5.74, 6) is -1.70. The number of nitrogens with one attached hydrogen (secondary N) is 2. The minimum atomic E-state index is -1.27. The van der Waals surface area contributed by atoms with E-state index in [0.717, 1.165) is 10.5 Å². The molecule has 10 heteroatoms. The zero-order valence-corrected chi connectivity index (χ0v) is 23.4. The first-order chi connectivity index (χ1) is 19.7. The number of hydrogen-bond acceptors (Lipinski definition) is 6. The highest BCUT2D eigenvalue weighted by molar-refractivity contribution is 6.10. The molecule has 0 aromatic heterocycles. The Labute approximate surface area is 238 Å². The summed E-state index contributed by atoms with van der Waals surface area (Å²) in [4.78, 5) is 41.6. The molecule has 3 atom stereocenters. The van der Waals surface area contributed by atoms with Crippen LogP contribution in [0.5, 0.6) is 11.5 Å². The summed E-state index contributed by atoms with van der Waals surface area (Å²) in [6, 6.07) is 16.9. The summed E-state index contributed by atoms with van der Waals surface area (Å²) in [6.45, 7) is 6.18. The SMILES string of the molecule is COCCOc1ccc([C@H]2NC(=O)N([C@H](C(=O)Nc3ccc(OC(C)C)cc3F)[C@@H](C)c3ccccc3)C2=O)cc1. The Bertz CT molecular complexity index is 1370. The molecular formula is C31H34FN3O6. The molecule has 0 bridgehead atoms. The monoisotopic (exact) mass is 563 g/mol. The molecule has 0 aliphatic carbocycles. The van der Waals surface area contributed by atoms with Crippen LogP contribution < -0.4 is 20.1 Å². The lowest BCUT2D eigenvalue weighted by atomic mass is 9.91. The number of ether oxygens (including phenoxy) is 3. The van der Waals surface area contributed by atoms with Gasteiger partial charge in [0.25, 0.3) is 5.91 Å². The number of amides is 4. The second-order valence-electron chi connectivity index (χ2n) is 9.94. The van der Waals surface area contributed by atoms with Crippen LogP contribution in [0, 0.1) is 5.82 Å². The quantitative estimate of drug-likeness (QED) is 0.236. The number of hydrogen-bond donors (Lipinski definition) is 2. The average molecular weight is 564 g/mol. The van der Waals surface area contributed by atoms with E-state index in [1.807, 2.05) is 32.0 Å². The Morgan fingerprint density at radius 2 is 1.66 bits per heavy atom. The number of carbonyl (C=O) groups excluding carboxylic acids is 3. The fourth-order valence-electron chi connectivity index (χ4n) is 4.64. The number of rotatable bonds is 12. The third-order valence-electron chi connectivity index (χ3n) is 6.66. The van der Waals surface area contributed by atoms with Gasteiger partial charge >= 0.3 is 6.03 Å². The van der Waals surface area contributed by atoms with Gasteiger partial charge in [-0.3, -0.25) is 9.59 Å². The van der Waals surface area contributed by atoms with E-state index in [1.165, 1.54) is 12.1 Å². The molecule has 4 amide bonds. The maximum Gasteiger partial charge on any atom is 0.325 e. The van der Waals surface area contributed by atoms with Crippen LogP contribution in [0.3, 0.4) is 0 Å². The molecule has 3 aromatic rings. The van der Waals surface area contributed by atoms with E-state index >= 15 is 0 Å². The molecule has 1 fully saturated rings. The van der Waals surface area contributed by atoms with Gasteiger partial charge in [0, 0.05) is 19.1 Å². The molecule has 1 aliphatic heterocycles. The molecule has 1 heterocycles. The molecule has 1 saturated heterocycles. The van der Waals surface area contributed by atoms with E-state index in [9.17, 15) is 18.8 Å². The van der Waals surface area contributed by atoms with Gasteiger partial charge in [0.15, 0.2) is 0 Å². The van der Waals surface area contributed by atoms with Gasteiger partial charge in [0.1, 0.15) is 36.0 Å². The van der Waals surface area contributed by atoms with Crippen LogP contribution in [0.2, 0.25) is 0 Å². The van der Waals surface area contributed by atoms with Crippen molar-refractivity contribution in [3.05, 3.63) is 89.7 Å². The van der Waals surface area contributed by atoms with E-state index < -0.39 is 41.7 Å². The van der Waals surface area contributed by atoms with E-state index in [0.29, 0.717) is 30.3 Å². The Morgan fingerprint density at radius 1 is 0.976 bits per heavy atom. The van der Waals surface area contributed by atoms with E-state index in [4.69, 9.17) is 14.2 Å². The van der Waals surface area contributed by atoms with Crippen molar-refractivity contribution in [1.82, 2.24) is 10.2 Å². The lowest BCUT2D eigenvalue weighted by Gasteiger charge is -2.30. The van der Waals surface area contributed by atoms with Crippen molar-refractivity contribution in [3.8, 4) is 11.5 Å². The standard InChI is InChI=1S/C31H34FN3O6/c1-19(2)41-24-14-15-26(25(32)18-24)33-29(36)28(20(3)21-8-6-5-7-9-21)35-30(37)27(34-31(35)38)22-10-12-23(13-11-22)40-17-16-39-4/h5-15,18-20,27-28H,16-17H2,1-4H3,(H,33,36)(H,34,38)/t20-,27+,28-/m0/s1. The van der Waals surface area contributed by atoms with E-state index in [-0.39, 0.29) is 11.8 Å². The molecule has 0 radical (unpaired) electrons. The number of urea groups is 1. The number of carbonyl (C=O) groups is 3. The zero-order valence-electron chi connectivity index (χ0n) is 23.4. The van der Waals surface area contributed by atoms with Gasteiger partial charge in [-0.2, -0.15) is 0 Å². The molecular weight excluding hydrogens is 529 g/mol. The molecule has 4 rings (SSSR count). The molecule has 9 nitrogen and oxygen atoms in total. The van der Waals surface area contributed by atoms with Gasteiger partial charge in [-0.25, -0.2) is 14.1 Å². The fraction of sp³-hybridized carbons (Fsp3) is 0.323.